The summed E-state index contributed by atoms with van der Waals surface area (Å²) in [6, 6.07) is 14.2. The third-order valence-electron chi connectivity index (χ3n) is 3.46. The van der Waals surface area contributed by atoms with Crippen LogP contribution in [0.3, 0.4) is 0 Å². The van der Waals surface area contributed by atoms with Gasteiger partial charge in [-0.05, 0) is 43.3 Å². The quantitative estimate of drug-likeness (QED) is 0.680. The molecule has 25 heavy (non-hydrogen) atoms. The average Bonchev–Trinajstić information content (AvgIpc) is 3.15. The van der Waals surface area contributed by atoms with E-state index in [2.05, 4.69) is 10.3 Å². The molecule has 0 atom stereocenters. The molecule has 0 aliphatic rings. The van der Waals surface area contributed by atoms with E-state index >= 15 is 0 Å². The van der Waals surface area contributed by atoms with Gasteiger partial charge in [-0.25, -0.2) is 4.98 Å². The Balaban J connectivity index is 1.57. The number of Topliss-reactive ketones (excluding diaryl/α,β-unsaturated/α-hetero) is 1. The van der Waals surface area contributed by atoms with Gasteiger partial charge < -0.3 is 10.1 Å². The Morgan fingerprint density at radius 2 is 1.96 bits per heavy atom. The van der Waals surface area contributed by atoms with Crippen LogP contribution in [0.4, 0.5) is 5.69 Å². The maximum Gasteiger partial charge on any atom is 0.262 e. The fourth-order valence-electron chi connectivity index (χ4n) is 2.23. The number of amides is 1. The highest BCUT2D eigenvalue weighted by molar-refractivity contribution is 7.13. The zero-order valence-corrected chi connectivity index (χ0v) is 14.4. The summed E-state index contributed by atoms with van der Waals surface area (Å²) in [4.78, 5) is 27.5. The Bertz CT molecular complexity index is 874. The zero-order chi connectivity index (χ0) is 17.6. The van der Waals surface area contributed by atoms with E-state index in [-0.39, 0.29) is 18.3 Å². The highest BCUT2D eigenvalue weighted by atomic mass is 32.1. The molecule has 6 heteroatoms. The highest BCUT2D eigenvalue weighted by Crippen LogP contribution is 2.24. The number of benzene rings is 2. The predicted molar refractivity (Wildman–Crippen MR) is 98.1 cm³/mol. The first-order valence-corrected chi connectivity index (χ1v) is 8.53. The lowest BCUT2D eigenvalue weighted by atomic mass is 10.1. The second kappa shape index (κ2) is 7.72. The summed E-state index contributed by atoms with van der Waals surface area (Å²) in [5.74, 6) is 0.271. The molecule has 0 unspecified atom stereocenters. The van der Waals surface area contributed by atoms with Crippen LogP contribution < -0.4 is 10.1 Å². The molecule has 0 spiro atoms. The maximum atomic E-state index is 12.1. The normalized spacial score (nSPS) is 10.3. The lowest BCUT2D eigenvalue weighted by Gasteiger charge is -2.08. The van der Waals surface area contributed by atoms with Crippen molar-refractivity contribution in [1.82, 2.24) is 4.98 Å². The summed E-state index contributed by atoms with van der Waals surface area (Å²) < 4.78 is 5.44. The molecule has 5 nitrogen and oxygen atoms in total. The average molecular weight is 352 g/mol. The van der Waals surface area contributed by atoms with Gasteiger partial charge in [-0.2, -0.15) is 0 Å². The van der Waals surface area contributed by atoms with E-state index in [4.69, 9.17) is 4.74 Å². The molecule has 0 fully saturated rings. The Morgan fingerprint density at radius 1 is 1.16 bits per heavy atom. The van der Waals surface area contributed by atoms with E-state index in [1.54, 1.807) is 41.8 Å². The van der Waals surface area contributed by atoms with Gasteiger partial charge in [-0.1, -0.05) is 12.1 Å². The van der Waals surface area contributed by atoms with Gasteiger partial charge in [0.05, 0.1) is 0 Å². The number of hydrogen-bond acceptors (Lipinski definition) is 5. The fourth-order valence-corrected chi connectivity index (χ4v) is 2.86. The van der Waals surface area contributed by atoms with E-state index in [1.807, 2.05) is 29.6 Å². The number of thiazole rings is 1. The van der Waals surface area contributed by atoms with Crippen LogP contribution in [0.5, 0.6) is 5.75 Å². The van der Waals surface area contributed by atoms with Gasteiger partial charge in [-0.3, -0.25) is 9.59 Å². The minimum atomic E-state index is -0.257. The molecule has 0 aliphatic carbocycles. The minimum Gasteiger partial charge on any atom is -0.484 e. The molecule has 3 rings (SSSR count). The number of ether oxygens (including phenoxy) is 1. The zero-order valence-electron chi connectivity index (χ0n) is 13.6. The second-order valence-electron chi connectivity index (χ2n) is 5.34. The standard InChI is InChI=1S/C19H16N2O3S/c1-13(22)14-5-7-17(8-6-14)24-12-18(23)21-16-4-2-3-15(11-16)19-20-9-10-25-19/h2-11H,12H2,1H3,(H,21,23). The monoisotopic (exact) mass is 352 g/mol. The number of carbonyl (C=O) groups is 2. The summed E-state index contributed by atoms with van der Waals surface area (Å²) in [5.41, 5.74) is 2.25. The molecule has 1 aromatic heterocycles. The Labute approximate surface area is 149 Å². The van der Waals surface area contributed by atoms with E-state index in [0.29, 0.717) is 17.0 Å². The third kappa shape index (κ3) is 4.51. The van der Waals surface area contributed by atoms with Crippen LogP contribution in [-0.2, 0) is 4.79 Å². The van der Waals surface area contributed by atoms with Gasteiger partial charge in [0.15, 0.2) is 12.4 Å². The van der Waals surface area contributed by atoms with Crippen LogP contribution in [0.1, 0.15) is 17.3 Å². The molecule has 0 aliphatic heterocycles. The largest absolute Gasteiger partial charge is 0.484 e. The molecule has 1 heterocycles. The number of hydrogen-bond donors (Lipinski definition) is 1. The second-order valence-corrected chi connectivity index (χ2v) is 6.23. The van der Waals surface area contributed by atoms with E-state index in [0.717, 1.165) is 10.6 Å². The number of anilines is 1. The number of rotatable bonds is 6. The van der Waals surface area contributed by atoms with E-state index in [1.165, 1.54) is 6.92 Å². The summed E-state index contributed by atoms with van der Waals surface area (Å²) >= 11 is 1.54. The third-order valence-corrected chi connectivity index (χ3v) is 4.28. The summed E-state index contributed by atoms with van der Waals surface area (Å²) in [5, 5.41) is 5.61. The Hall–Kier alpha value is -2.99. The van der Waals surface area contributed by atoms with Crippen LogP contribution in [-0.4, -0.2) is 23.3 Å². The lowest BCUT2D eigenvalue weighted by molar-refractivity contribution is -0.118. The van der Waals surface area contributed by atoms with Gasteiger partial charge in [0.1, 0.15) is 10.8 Å². The van der Waals surface area contributed by atoms with Crippen molar-refractivity contribution >= 4 is 28.7 Å². The smallest absolute Gasteiger partial charge is 0.262 e. The molecule has 1 N–H and O–H groups in total. The van der Waals surface area contributed by atoms with Gasteiger partial charge in [0.2, 0.25) is 0 Å². The van der Waals surface area contributed by atoms with Gasteiger partial charge in [-0.15, -0.1) is 11.3 Å². The van der Waals surface area contributed by atoms with Crippen molar-refractivity contribution in [3.8, 4) is 16.3 Å². The van der Waals surface area contributed by atoms with E-state index < -0.39 is 0 Å². The molecule has 2 aromatic carbocycles. The lowest BCUT2D eigenvalue weighted by Crippen LogP contribution is -2.20. The molecular weight excluding hydrogens is 336 g/mol. The molecule has 3 aromatic rings. The molecule has 0 saturated carbocycles. The van der Waals surface area contributed by atoms with Crippen LogP contribution in [0, 0.1) is 0 Å². The first-order chi connectivity index (χ1) is 12.1. The van der Waals surface area contributed by atoms with Crippen molar-refractivity contribution in [2.75, 3.05) is 11.9 Å². The van der Waals surface area contributed by atoms with Crippen molar-refractivity contribution < 1.29 is 14.3 Å². The number of carbonyl (C=O) groups excluding carboxylic acids is 2. The van der Waals surface area contributed by atoms with Crippen LogP contribution in [0.15, 0.2) is 60.1 Å². The van der Waals surface area contributed by atoms with Crippen LogP contribution >= 0.6 is 11.3 Å². The topological polar surface area (TPSA) is 68.3 Å². The first-order valence-electron chi connectivity index (χ1n) is 7.65. The first kappa shape index (κ1) is 16.9. The summed E-state index contributed by atoms with van der Waals surface area (Å²) in [7, 11) is 0. The van der Waals surface area contributed by atoms with Crippen LogP contribution in [0.25, 0.3) is 10.6 Å². The maximum absolute atomic E-state index is 12.1. The van der Waals surface area contributed by atoms with E-state index in [9.17, 15) is 9.59 Å². The molecule has 0 saturated heterocycles. The molecule has 1 amide bonds. The summed E-state index contributed by atoms with van der Waals surface area (Å²) in [6.45, 7) is 1.39. The molecule has 0 bridgehead atoms. The molecular formula is C19H16N2O3S. The van der Waals surface area contributed by atoms with Gasteiger partial charge in [0, 0.05) is 28.4 Å². The highest BCUT2D eigenvalue weighted by Gasteiger charge is 2.07. The number of nitrogens with one attached hydrogen (secondary N) is 1. The number of aromatic nitrogens is 1. The van der Waals surface area contributed by atoms with Gasteiger partial charge in [0.25, 0.3) is 5.91 Å². The fraction of sp³-hybridized carbons (Fsp3) is 0.105. The molecule has 126 valence electrons. The van der Waals surface area contributed by atoms with Crippen molar-refractivity contribution in [3.05, 3.63) is 65.7 Å². The van der Waals surface area contributed by atoms with Crippen LogP contribution in [0.2, 0.25) is 0 Å². The SMILES string of the molecule is CC(=O)c1ccc(OCC(=O)Nc2cccc(-c3nccs3)c2)cc1. The van der Waals surface area contributed by atoms with Crippen molar-refractivity contribution in [2.45, 2.75) is 6.92 Å². The van der Waals surface area contributed by atoms with Gasteiger partial charge >= 0.3 is 0 Å². The Morgan fingerprint density at radius 3 is 2.64 bits per heavy atom. The number of ketones is 1. The minimum absolute atomic E-state index is 0.00981. The van der Waals surface area contributed by atoms with Crippen molar-refractivity contribution in [2.24, 2.45) is 0 Å². The summed E-state index contributed by atoms with van der Waals surface area (Å²) in [6.07, 6.45) is 1.75. The van der Waals surface area contributed by atoms with Crippen molar-refractivity contribution in [3.63, 3.8) is 0 Å². The Kier molecular flexibility index (Phi) is 5.20. The molecule has 0 radical (unpaired) electrons. The number of nitrogens with zero attached hydrogens (tertiary/aromatic N) is 1. The predicted octanol–water partition coefficient (Wildman–Crippen LogP) is 4.03. The van der Waals surface area contributed by atoms with Crippen molar-refractivity contribution in [1.29, 1.82) is 0 Å².